The largest absolute Gasteiger partial charge is 0.375 e. The first-order valence-electron chi connectivity index (χ1n) is 12.4. The third-order valence-corrected chi connectivity index (χ3v) is 6.69. The molecular formula is C24H52NOP. The number of unbranched alkanes of at least 4 members (excludes halogenated alkanes) is 20. The van der Waals surface area contributed by atoms with Crippen LogP contribution in [0.25, 0.3) is 0 Å². The van der Waals surface area contributed by atoms with Crippen molar-refractivity contribution >= 4 is 8.58 Å². The molecule has 2 nitrogen and oxygen atoms in total. The van der Waals surface area contributed by atoms with Gasteiger partial charge in [-0.25, -0.2) is 0 Å². The van der Waals surface area contributed by atoms with Crippen molar-refractivity contribution < 1.29 is 5.11 Å². The molecule has 0 bridgehead atoms. The predicted octanol–water partition coefficient (Wildman–Crippen LogP) is 8.11. The molecular weight excluding hydrogens is 349 g/mol. The number of aliphatic hydroxyl groups excluding tert-OH is 1. The van der Waals surface area contributed by atoms with Gasteiger partial charge in [-0.1, -0.05) is 144 Å². The maximum atomic E-state index is 9.01. The monoisotopic (exact) mass is 401 g/mol. The molecule has 0 amide bonds. The van der Waals surface area contributed by atoms with Gasteiger partial charge in [0.05, 0.1) is 0 Å². The molecule has 27 heavy (non-hydrogen) atoms. The van der Waals surface area contributed by atoms with Crippen LogP contribution in [0, 0.1) is 0 Å². The summed E-state index contributed by atoms with van der Waals surface area (Å²) in [6.45, 7) is 2.29. The van der Waals surface area contributed by atoms with Crippen molar-refractivity contribution in [3.63, 3.8) is 0 Å². The Kier molecular flexibility index (Phi) is 24.7. The summed E-state index contributed by atoms with van der Waals surface area (Å²) >= 11 is 0. The minimum atomic E-state index is -0.574. The molecule has 0 rings (SSSR count). The van der Waals surface area contributed by atoms with Gasteiger partial charge >= 0.3 is 0 Å². The average Bonchev–Trinajstić information content (AvgIpc) is 2.65. The Morgan fingerprint density at radius 3 is 1.04 bits per heavy atom. The fraction of sp³-hybridized carbons (Fsp3) is 1.00. The predicted molar refractivity (Wildman–Crippen MR) is 126 cm³/mol. The van der Waals surface area contributed by atoms with Crippen LogP contribution in [0.1, 0.15) is 142 Å². The molecule has 2 unspecified atom stereocenters. The number of aliphatic hydroxyl groups is 1. The molecule has 3 N–H and O–H groups in total. The molecule has 164 valence electrons. The lowest BCUT2D eigenvalue weighted by Crippen LogP contribution is -2.12. The highest BCUT2D eigenvalue weighted by atomic mass is 31.1. The zero-order valence-electron chi connectivity index (χ0n) is 18.7. The highest BCUT2D eigenvalue weighted by Gasteiger charge is 1.97. The Hall–Kier alpha value is 0.350. The fourth-order valence-electron chi connectivity index (χ4n) is 3.81. The summed E-state index contributed by atoms with van der Waals surface area (Å²) < 4.78 is 0. The number of hydrogen-bond acceptors (Lipinski definition) is 2. The average molecular weight is 402 g/mol. The van der Waals surface area contributed by atoms with Crippen LogP contribution in [0.2, 0.25) is 0 Å². The molecule has 0 radical (unpaired) electrons. The van der Waals surface area contributed by atoms with E-state index in [-0.39, 0.29) is 0 Å². The zero-order chi connectivity index (χ0) is 19.8. The summed E-state index contributed by atoms with van der Waals surface area (Å²) in [5.41, 5.74) is 5.35. The van der Waals surface area contributed by atoms with E-state index < -0.39 is 5.97 Å². The van der Waals surface area contributed by atoms with Crippen molar-refractivity contribution in [2.45, 2.75) is 148 Å². The third kappa shape index (κ3) is 26.4. The SMILES string of the molecule is CCCCCCCCCCCCCCCCCCCCCCCPC(N)O. The van der Waals surface area contributed by atoms with Crippen molar-refractivity contribution in [3.05, 3.63) is 0 Å². The Labute approximate surface area is 173 Å². The Morgan fingerprint density at radius 1 is 0.519 bits per heavy atom. The number of hydrogen-bond donors (Lipinski definition) is 2. The van der Waals surface area contributed by atoms with Crippen LogP contribution >= 0.6 is 8.58 Å². The number of nitrogens with two attached hydrogens (primary N) is 1. The van der Waals surface area contributed by atoms with Crippen LogP contribution < -0.4 is 5.73 Å². The molecule has 0 saturated carbocycles. The van der Waals surface area contributed by atoms with Crippen LogP contribution in [-0.4, -0.2) is 17.2 Å². The van der Waals surface area contributed by atoms with Crippen molar-refractivity contribution in [3.8, 4) is 0 Å². The second-order valence-corrected chi connectivity index (χ2v) is 9.97. The molecule has 0 aromatic carbocycles. The van der Waals surface area contributed by atoms with E-state index in [0.29, 0.717) is 8.58 Å². The van der Waals surface area contributed by atoms with Crippen LogP contribution in [0.4, 0.5) is 0 Å². The van der Waals surface area contributed by atoms with Crippen LogP contribution in [0.5, 0.6) is 0 Å². The van der Waals surface area contributed by atoms with Gasteiger partial charge in [0.2, 0.25) is 0 Å². The minimum Gasteiger partial charge on any atom is -0.375 e. The van der Waals surface area contributed by atoms with Crippen molar-refractivity contribution in [2.24, 2.45) is 5.73 Å². The molecule has 0 aromatic heterocycles. The molecule has 0 aliphatic heterocycles. The zero-order valence-corrected chi connectivity index (χ0v) is 19.7. The quantitative estimate of drug-likeness (QED) is 0.103. The molecule has 0 aliphatic rings. The van der Waals surface area contributed by atoms with E-state index >= 15 is 0 Å². The van der Waals surface area contributed by atoms with E-state index in [1.807, 2.05) is 0 Å². The van der Waals surface area contributed by atoms with E-state index in [0.717, 1.165) is 6.16 Å². The highest BCUT2D eigenvalue weighted by molar-refractivity contribution is 7.38. The summed E-state index contributed by atoms with van der Waals surface area (Å²) in [6, 6.07) is 0. The molecule has 0 aliphatic carbocycles. The van der Waals surface area contributed by atoms with Crippen LogP contribution in [0.3, 0.4) is 0 Å². The van der Waals surface area contributed by atoms with E-state index in [1.54, 1.807) is 0 Å². The summed E-state index contributed by atoms with van der Waals surface area (Å²) in [6.07, 6.45) is 31.1. The van der Waals surface area contributed by atoms with E-state index in [2.05, 4.69) is 6.92 Å². The Balaban J connectivity index is 2.97. The summed E-state index contributed by atoms with van der Waals surface area (Å²) in [5, 5.41) is 9.01. The third-order valence-electron chi connectivity index (χ3n) is 5.63. The normalized spacial score (nSPS) is 13.0. The van der Waals surface area contributed by atoms with Gasteiger partial charge < -0.3 is 10.8 Å². The summed E-state index contributed by atoms with van der Waals surface area (Å²) in [5.74, 6) is -0.574. The summed E-state index contributed by atoms with van der Waals surface area (Å²) in [7, 11) is 0.532. The van der Waals surface area contributed by atoms with E-state index in [9.17, 15) is 0 Å². The topological polar surface area (TPSA) is 46.2 Å². The van der Waals surface area contributed by atoms with Gasteiger partial charge in [-0.05, 0) is 12.6 Å². The van der Waals surface area contributed by atoms with Gasteiger partial charge in [0, 0.05) is 0 Å². The first kappa shape index (κ1) is 27.4. The molecule has 0 fully saturated rings. The van der Waals surface area contributed by atoms with Gasteiger partial charge in [0.25, 0.3) is 0 Å². The fourth-order valence-corrected chi connectivity index (χ4v) is 4.56. The van der Waals surface area contributed by atoms with Gasteiger partial charge in [0.15, 0.2) is 0 Å². The van der Waals surface area contributed by atoms with Crippen molar-refractivity contribution in [1.29, 1.82) is 0 Å². The molecule has 0 heterocycles. The maximum Gasteiger partial charge on any atom is 0.118 e. The van der Waals surface area contributed by atoms with Crippen LogP contribution in [-0.2, 0) is 0 Å². The lowest BCUT2D eigenvalue weighted by molar-refractivity contribution is 0.268. The molecule has 0 spiro atoms. The van der Waals surface area contributed by atoms with Gasteiger partial charge in [0.1, 0.15) is 5.97 Å². The molecule has 2 atom stereocenters. The molecule has 0 aromatic rings. The smallest absolute Gasteiger partial charge is 0.118 e. The summed E-state index contributed by atoms with van der Waals surface area (Å²) in [4.78, 5) is 0. The Bertz CT molecular complexity index is 261. The van der Waals surface area contributed by atoms with Crippen molar-refractivity contribution in [2.75, 3.05) is 6.16 Å². The lowest BCUT2D eigenvalue weighted by Gasteiger charge is -2.05. The number of rotatable bonds is 23. The second kappa shape index (κ2) is 24.4. The second-order valence-electron chi connectivity index (χ2n) is 8.47. The van der Waals surface area contributed by atoms with Crippen molar-refractivity contribution in [1.82, 2.24) is 0 Å². The standard InChI is InChI=1S/C24H52NOP/c1-2-3-4-5-6-7-8-9-10-11-12-13-14-15-16-17-18-19-20-21-22-23-27-24(25)26/h24,26-27H,2-23,25H2,1H3. The van der Waals surface area contributed by atoms with Gasteiger partial charge in [-0.3, -0.25) is 0 Å². The lowest BCUT2D eigenvalue weighted by atomic mass is 10.0. The first-order valence-corrected chi connectivity index (χ1v) is 13.7. The van der Waals surface area contributed by atoms with E-state index in [4.69, 9.17) is 10.8 Å². The molecule has 3 heteroatoms. The van der Waals surface area contributed by atoms with E-state index in [1.165, 1.54) is 135 Å². The first-order chi connectivity index (χ1) is 13.3. The maximum absolute atomic E-state index is 9.01. The van der Waals surface area contributed by atoms with Crippen LogP contribution in [0.15, 0.2) is 0 Å². The Morgan fingerprint density at radius 2 is 0.778 bits per heavy atom. The highest BCUT2D eigenvalue weighted by Crippen LogP contribution is 2.17. The van der Waals surface area contributed by atoms with Gasteiger partial charge in [-0.2, -0.15) is 0 Å². The molecule has 0 saturated heterocycles. The minimum absolute atomic E-state index is 0.532. The van der Waals surface area contributed by atoms with Gasteiger partial charge in [-0.15, -0.1) is 0 Å².